The van der Waals surface area contributed by atoms with Crippen molar-refractivity contribution in [2.24, 2.45) is 5.92 Å². The summed E-state index contributed by atoms with van der Waals surface area (Å²) in [6, 6.07) is 8.72. The highest BCUT2D eigenvalue weighted by molar-refractivity contribution is 7.17. The number of carboxylic acid groups (broad SMARTS) is 1. The Morgan fingerprint density at radius 3 is 2.83 bits per heavy atom. The number of carbonyl (C=O) groups is 2. The largest absolute Gasteiger partial charge is 0.485 e. The van der Waals surface area contributed by atoms with Gasteiger partial charge in [-0.3, -0.25) is 9.59 Å². The van der Waals surface area contributed by atoms with E-state index in [-0.39, 0.29) is 35.7 Å². The van der Waals surface area contributed by atoms with Gasteiger partial charge in [0.25, 0.3) is 5.91 Å². The fourth-order valence-electron chi connectivity index (χ4n) is 4.04. The highest BCUT2D eigenvalue weighted by Gasteiger charge is 2.41. The van der Waals surface area contributed by atoms with Crippen LogP contribution < -0.4 is 4.74 Å². The van der Waals surface area contributed by atoms with E-state index in [1.54, 1.807) is 17.0 Å². The molecular weight excluding hydrogens is 449 g/mol. The standard InChI is InChI=1S/C21H15ClFNO4S2/c22-14-4-3-11-18(17(14)23)28-9-10-6-16(30-19(10)11)20(25)24-7-12(13(8-24)21(26)27)15-2-1-5-29-15/h1-6,12-13H,7-9H2,(H,26,27). The molecular formula is C21H15ClFNO4S2. The lowest BCUT2D eigenvalue weighted by Crippen LogP contribution is -2.29. The van der Waals surface area contributed by atoms with Gasteiger partial charge in [-0.1, -0.05) is 17.7 Å². The van der Waals surface area contributed by atoms with Gasteiger partial charge in [-0.25, -0.2) is 4.39 Å². The number of hydrogen-bond acceptors (Lipinski definition) is 5. The second-order valence-corrected chi connectivity index (χ2v) is 9.71. The van der Waals surface area contributed by atoms with E-state index in [0.717, 1.165) is 15.3 Å². The average Bonchev–Trinajstić information content (AvgIpc) is 3.48. The fraction of sp³-hybridized carbons (Fsp3) is 0.238. The molecule has 1 N–H and O–H groups in total. The lowest BCUT2D eigenvalue weighted by atomic mass is 9.95. The minimum Gasteiger partial charge on any atom is -0.485 e. The van der Waals surface area contributed by atoms with Crippen molar-refractivity contribution in [3.63, 3.8) is 0 Å². The lowest BCUT2D eigenvalue weighted by Gasteiger charge is -2.18. The molecule has 0 radical (unpaired) electrons. The van der Waals surface area contributed by atoms with Gasteiger partial charge in [0.1, 0.15) is 6.61 Å². The molecule has 2 atom stereocenters. The number of hydrogen-bond donors (Lipinski definition) is 1. The van der Waals surface area contributed by atoms with Crippen molar-refractivity contribution >= 4 is 46.2 Å². The third-order valence-corrected chi connectivity index (χ3v) is 8.01. The number of likely N-dealkylation sites (tertiary alicyclic amines) is 1. The van der Waals surface area contributed by atoms with Gasteiger partial charge in [-0.2, -0.15) is 0 Å². The zero-order valence-electron chi connectivity index (χ0n) is 15.4. The molecule has 1 fully saturated rings. The van der Waals surface area contributed by atoms with E-state index in [9.17, 15) is 19.1 Å². The first-order chi connectivity index (χ1) is 14.4. The number of carboxylic acids is 1. The Morgan fingerprint density at radius 1 is 1.27 bits per heavy atom. The summed E-state index contributed by atoms with van der Waals surface area (Å²) in [4.78, 5) is 28.8. The number of aliphatic carboxylic acids is 1. The Kier molecular flexibility index (Phi) is 4.80. The third-order valence-electron chi connectivity index (χ3n) is 5.52. The van der Waals surface area contributed by atoms with Crippen molar-refractivity contribution in [3.8, 4) is 16.2 Å². The maximum atomic E-state index is 14.3. The van der Waals surface area contributed by atoms with Crippen molar-refractivity contribution in [1.29, 1.82) is 0 Å². The van der Waals surface area contributed by atoms with Crippen LogP contribution in [0.1, 0.15) is 26.0 Å². The highest BCUT2D eigenvalue weighted by Crippen LogP contribution is 2.46. The summed E-state index contributed by atoms with van der Waals surface area (Å²) in [5.74, 6) is -2.48. The van der Waals surface area contributed by atoms with E-state index in [2.05, 4.69) is 0 Å². The quantitative estimate of drug-likeness (QED) is 0.586. The van der Waals surface area contributed by atoms with Gasteiger partial charge in [0.15, 0.2) is 11.6 Å². The Morgan fingerprint density at radius 2 is 2.10 bits per heavy atom. The third kappa shape index (κ3) is 3.10. The molecule has 5 rings (SSSR count). The molecule has 1 amide bonds. The van der Waals surface area contributed by atoms with Crippen LogP contribution in [0.25, 0.3) is 10.4 Å². The maximum absolute atomic E-state index is 14.3. The van der Waals surface area contributed by atoms with Crippen LogP contribution >= 0.6 is 34.3 Å². The second kappa shape index (κ2) is 7.37. The van der Waals surface area contributed by atoms with Crippen molar-refractivity contribution in [1.82, 2.24) is 4.90 Å². The van der Waals surface area contributed by atoms with Crippen LogP contribution in [-0.2, 0) is 11.4 Å². The summed E-state index contributed by atoms with van der Waals surface area (Å²) < 4.78 is 19.8. The van der Waals surface area contributed by atoms with Crippen molar-refractivity contribution in [2.75, 3.05) is 13.1 Å². The molecule has 1 saturated heterocycles. The van der Waals surface area contributed by atoms with Crippen molar-refractivity contribution in [2.45, 2.75) is 12.5 Å². The molecule has 2 aromatic heterocycles. The second-order valence-electron chi connectivity index (χ2n) is 7.27. The van der Waals surface area contributed by atoms with Crippen LogP contribution in [0, 0.1) is 11.7 Å². The molecule has 9 heteroatoms. The number of halogens is 2. The van der Waals surface area contributed by atoms with E-state index in [4.69, 9.17) is 16.3 Å². The first-order valence-electron chi connectivity index (χ1n) is 9.23. The number of benzene rings is 1. The molecule has 0 aliphatic carbocycles. The Labute approximate surface area is 184 Å². The van der Waals surface area contributed by atoms with Crippen LogP contribution in [0.4, 0.5) is 4.39 Å². The predicted molar refractivity (Wildman–Crippen MR) is 113 cm³/mol. The molecule has 0 spiro atoms. The highest BCUT2D eigenvalue weighted by atomic mass is 35.5. The van der Waals surface area contributed by atoms with E-state index >= 15 is 0 Å². The summed E-state index contributed by atoms with van der Waals surface area (Å²) in [5.41, 5.74) is 1.38. The molecule has 2 aliphatic heterocycles. The van der Waals surface area contributed by atoms with E-state index in [1.807, 2.05) is 17.5 Å². The monoisotopic (exact) mass is 463 g/mol. The lowest BCUT2D eigenvalue weighted by molar-refractivity contribution is -0.141. The number of ether oxygens (including phenoxy) is 1. The minimum absolute atomic E-state index is 0.0125. The first-order valence-corrected chi connectivity index (χ1v) is 11.3. The molecule has 5 nitrogen and oxygen atoms in total. The number of amides is 1. The van der Waals surface area contributed by atoms with Gasteiger partial charge in [-0.15, -0.1) is 22.7 Å². The number of rotatable bonds is 3. The van der Waals surface area contributed by atoms with Crippen LogP contribution in [0.5, 0.6) is 5.75 Å². The molecule has 0 saturated carbocycles. The summed E-state index contributed by atoms with van der Waals surface area (Å²) in [7, 11) is 0. The van der Waals surface area contributed by atoms with Crippen LogP contribution in [-0.4, -0.2) is 35.0 Å². The molecule has 4 heterocycles. The molecule has 2 unspecified atom stereocenters. The summed E-state index contributed by atoms with van der Waals surface area (Å²) >= 11 is 8.63. The van der Waals surface area contributed by atoms with Crippen LogP contribution in [0.2, 0.25) is 5.02 Å². The minimum atomic E-state index is -0.899. The summed E-state index contributed by atoms with van der Waals surface area (Å²) in [6.07, 6.45) is 0. The first kappa shape index (κ1) is 19.5. The van der Waals surface area contributed by atoms with E-state index in [0.29, 0.717) is 17.0 Å². The zero-order valence-corrected chi connectivity index (χ0v) is 17.8. The van der Waals surface area contributed by atoms with Crippen molar-refractivity contribution in [3.05, 3.63) is 61.9 Å². The molecule has 1 aromatic carbocycles. The van der Waals surface area contributed by atoms with Gasteiger partial charge >= 0.3 is 5.97 Å². The van der Waals surface area contributed by atoms with Gasteiger partial charge in [0.2, 0.25) is 0 Å². The number of thiophene rings is 2. The molecule has 0 bridgehead atoms. The zero-order chi connectivity index (χ0) is 21.0. The van der Waals surface area contributed by atoms with Crippen LogP contribution in [0.3, 0.4) is 0 Å². The SMILES string of the molecule is O=C(O)C1CN(C(=O)c2cc3c(s2)-c2ccc(Cl)c(F)c2OC3)CC1c1cccs1. The Balaban J connectivity index is 1.45. The van der Waals surface area contributed by atoms with Crippen LogP contribution in [0.15, 0.2) is 35.7 Å². The van der Waals surface area contributed by atoms with Crippen molar-refractivity contribution < 1.29 is 23.8 Å². The molecule has 3 aromatic rings. The number of fused-ring (bicyclic) bond motifs is 3. The summed E-state index contributed by atoms with van der Waals surface area (Å²) in [6.45, 7) is 0.672. The Hall–Kier alpha value is -2.42. The van der Waals surface area contributed by atoms with Gasteiger partial charge in [-0.05, 0) is 29.6 Å². The molecule has 2 aliphatic rings. The maximum Gasteiger partial charge on any atom is 0.309 e. The van der Waals surface area contributed by atoms with Gasteiger partial charge in [0.05, 0.1) is 15.8 Å². The average molecular weight is 464 g/mol. The summed E-state index contributed by atoms with van der Waals surface area (Å²) in [5, 5.41) is 11.5. The molecule has 30 heavy (non-hydrogen) atoms. The fourth-order valence-corrected chi connectivity index (χ4v) is 6.23. The number of carbonyl (C=O) groups excluding carboxylic acids is 1. The normalized spacial score (nSPS) is 19.9. The predicted octanol–water partition coefficient (Wildman–Crippen LogP) is 5.10. The van der Waals surface area contributed by atoms with Gasteiger partial charge < -0.3 is 14.7 Å². The van der Waals surface area contributed by atoms with E-state index in [1.165, 1.54) is 28.7 Å². The Bertz CT molecular complexity index is 1160. The molecule has 154 valence electrons. The van der Waals surface area contributed by atoms with E-state index < -0.39 is 17.7 Å². The number of nitrogens with zero attached hydrogens (tertiary/aromatic N) is 1. The topological polar surface area (TPSA) is 66.8 Å². The smallest absolute Gasteiger partial charge is 0.309 e. The van der Waals surface area contributed by atoms with Gasteiger partial charge in [0, 0.05) is 39.9 Å².